The van der Waals surface area contributed by atoms with Crippen molar-refractivity contribution in [1.29, 1.82) is 0 Å². The SMILES string of the molecule is Cl.O=C(NC1CCN(C(=O)c2ccccc2F)CC1)C1CSCN1. The summed E-state index contributed by atoms with van der Waals surface area (Å²) in [4.78, 5) is 26.1. The molecule has 1 atom stereocenters. The van der Waals surface area contributed by atoms with Gasteiger partial charge >= 0.3 is 0 Å². The molecule has 0 spiro atoms. The van der Waals surface area contributed by atoms with E-state index in [9.17, 15) is 14.0 Å². The molecule has 0 aliphatic carbocycles. The van der Waals surface area contributed by atoms with E-state index in [0.717, 1.165) is 11.6 Å². The number of thioether (sulfide) groups is 1. The van der Waals surface area contributed by atoms with Crippen LogP contribution in [0.1, 0.15) is 23.2 Å². The van der Waals surface area contributed by atoms with Crippen LogP contribution >= 0.6 is 24.2 Å². The van der Waals surface area contributed by atoms with Crippen LogP contribution in [0.3, 0.4) is 0 Å². The van der Waals surface area contributed by atoms with E-state index in [2.05, 4.69) is 10.6 Å². The number of hydrogen-bond acceptors (Lipinski definition) is 4. The summed E-state index contributed by atoms with van der Waals surface area (Å²) in [5.41, 5.74) is 0.113. The average Bonchev–Trinajstić information content (AvgIpc) is 3.10. The van der Waals surface area contributed by atoms with Crippen molar-refractivity contribution < 1.29 is 14.0 Å². The van der Waals surface area contributed by atoms with Gasteiger partial charge in [0.15, 0.2) is 0 Å². The Bertz CT molecular complexity index is 590. The van der Waals surface area contributed by atoms with E-state index in [1.54, 1.807) is 28.8 Å². The Hall–Kier alpha value is -1.31. The Labute approximate surface area is 151 Å². The largest absolute Gasteiger partial charge is 0.352 e. The Morgan fingerprint density at radius 1 is 1.25 bits per heavy atom. The van der Waals surface area contributed by atoms with Crippen LogP contribution in [0.25, 0.3) is 0 Å². The van der Waals surface area contributed by atoms with Crippen LogP contribution < -0.4 is 10.6 Å². The molecule has 0 saturated carbocycles. The third-order valence-electron chi connectivity index (χ3n) is 4.27. The first-order valence-electron chi connectivity index (χ1n) is 7.80. The Balaban J connectivity index is 0.00000208. The van der Waals surface area contributed by atoms with Crippen molar-refractivity contribution in [2.75, 3.05) is 24.7 Å². The number of carbonyl (C=O) groups is 2. The lowest BCUT2D eigenvalue weighted by Gasteiger charge is -2.33. The highest BCUT2D eigenvalue weighted by Gasteiger charge is 2.28. The number of benzene rings is 1. The van der Waals surface area contributed by atoms with Gasteiger partial charge in [-0.15, -0.1) is 24.2 Å². The number of nitrogens with zero attached hydrogens (tertiary/aromatic N) is 1. The molecule has 8 heteroatoms. The van der Waals surface area contributed by atoms with Crippen molar-refractivity contribution in [2.45, 2.75) is 24.9 Å². The summed E-state index contributed by atoms with van der Waals surface area (Å²) in [6.07, 6.45) is 1.40. The van der Waals surface area contributed by atoms with Gasteiger partial charge < -0.3 is 10.2 Å². The zero-order chi connectivity index (χ0) is 16.2. The molecule has 0 bridgehead atoms. The van der Waals surface area contributed by atoms with Crippen LogP contribution in [0.2, 0.25) is 0 Å². The van der Waals surface area contributed by atoms with Crippen LogP contribution in [0.4, 0.5) is 4.39 Å². The minimum atomic E-state index is -0.488. The highest BCUT2D eigenvalue weighted by molar-refractivity contribution is 7.99. The normalized spacial score (nSPS) is 21.2. The summed E-state index contributed by atoms with van der Waals surface area (Å²) >= 11 is 1.72. The monoisotopic (exact) mass is 373 g/mol. The second-order valence-corrected chi connectivity index (χ2v) is 6.86. The molecule has 5 nitrogen and oxygen atoms in total. The topological polar surface area (TPSA) is 61.4 Å². The predicted octanol–water partition coefficient (Wildman–Crippen LogP) is 1.63. The van der Waals surface area contributed by atoms with Gasteiger partial charge in [0, 0.05) is 30.8 Å². The van der Waals surface area contributed by atoms with Gasteiger partial charge in [-0.25, -0.2) is 4.39 Å². The van der Waals surface area contributed by atoms with Crippen LogP contribution in [0.5, 0.6) is 0 Å². The van der Waals surface area contributed by atoms with Gasteiger partial charge in [0.05, 0.1) is 11.6 Å². The van der Waals surface area contributed by atoms with Crippen molar-refractivity contribution in [2.24, 2.45) is 0 Å². The maximum Gasteiger partial charge on any atom is 0.256 e. The van der Waals surface area contributed by atoms with Crippen molar-refractivity contribution in [3.05, 3.63) is 35.6 Å². The summed E-state index contributed by atoms with van der Waals surface area (Å²) in [6.45, 7) is 1.07. The minimum absolute atomic E-state index is 0. The van der Waals surface area contributed by atoms with Crippen molar-refractivity contribution >= 4 is 36.0 Å². The zero-order valence-corrected chi connectivity index (χ0v) is 14.8. The van der Waals surface area contributed by atoms with E-state index in [4.69, 9.17) is 0 Å². The molecule has 0 radical (unpaired) electrons. The van der Waals surface area contributed by atoms with E-state index >= 15 is 0 Å². The lowest BCUT2D eigenvalue weighted by atomic mass is 10.0. The molecular weight excluding hydrogens is 353 g/mol. The summed E-state index contributed by atoms with van der Waals surface area (Å²) in [7, 11) is 0. The molecule has 1 unspecified atom stereocenters. The molecule has 2 aliphatic heterocycles. The maximum absolute atomic E-state index is 13.7. The first-order valence-corrected chi connectivity index (χ1v) is 8.96. The van der Waals surface area contributed by atoms with Crippen molar-refractivity contribution in [1.82, 2.24) is 15.5 Å². The number of halogens is 2. The average molecular weight is 374 g/mol. The first-order chi connectivity index (χ1) is 11.1. The van der Waals surface area contributed by atoms with Gasteiger partial charge in [-0.2, -0.15) is 0 Å². The number of likely N-dealkylation sites (tertiary alicyclic amines) is 1. The van der Waals surface area contributed by atoms with E-state index in [0.29, 0.717) is 25.9 Å². The molecule has 2 fully saturated rings. The molecule has 2 saturated heterocycles. The van der Waals surface area contributed by atoms with Gasteiger partial charge in [-0.05, 0) is 25.0 Å². The molecule has 1 aromatic rings. The van der Waals surface area contributed by atoms with Crippen molar-refractivity contribution in [3.63, 3.8) is 0 Å². The number of carbonyl (C=O) groups excluding carboxylic acids is 2. The van der Waals surface area contributed by atoms with Gasteiger partial charge in [-0.3, -0.25) is 14.9 Å². The van der Waals surface area contributed by atoms with E-state index < -0.39 is 5.82 Å². The quantitative estimate of drug-likeness (QED) is 0.845. The number of nitrogens with one attached hydrogen (secondary N) is 2. The molecule has 3 rings (SSSR count). The zero-order valence-electron chi connectivity index (χ0n) is 13.2. The second kappa shape index (κ2) is 8.69. The fourth-order valence-corrected chi connectivity index (χ4v) is 3.84. The highest BCUT2D eigenvalue weighted by atomic mass is 35.5. The van der Waals surface area contributed by atoms with E-state index in [-0.39, 0.29) is 41.9 Å². The molecule has 0 aromatic heterocycles. The molecular formula is C16H21ClFN3O2S. The Morgan fingerprint density at radius 2 is 1.96 bits per heavy atom. The summed E-state index contributed by atoms with van der Waals surface area (Å²) in [5.74, 6) is 0.887. The molecule has 24 heavy (non-hydrogen) atoms. The van der Waals surface area contributed by atoms with Crippen LogP contribution in [-0.4, -0.2) is 53.5 Å². The summed E-state index contributed by atoms with van der Waals surface area (Å²) < 4.78 is 13.7. The lowest BCUT2D eigenvalue weighted by Crippen LogP contribution is -2.51. The van der Waals surface area contributed by atoms with Gasteiger partial charge in [-0.1, -0.05) is 12.1 Å². The van der Waals surface area contributed by atoms with E-state index in [1.807, 2.05) is 0 Å². The van der Waals surface area contributed by atoms with Gasteiger partial charge in [0.2, 0.25) is 5.91 Å². The number of rotatable bonds is 3. The maximum atomic E-state index is 13.7. The third kappa shape index (κ3) is 4.40. The lowest BCUT2D eigenvalue weighted by molar-refractivity contribution is -0.123. The summed E-state index contributed by atoms with van der Waals surface area (Å²) in [5, 5.41) is 6.19. The second-order valence-electron chi connectivity index (χ2n) is 5.83. The van der Waals surface area contributed by atoms with Gasteiger partial charge in [0.1, 0.15) is 5.82 Å². The Morgan fingerprint density at radius 3 is 2.58 bits per heavy atom. The predicted molar refractivity (Wildman–Crippen MR) is 95.0 cm³/mol. The van der Waals surface area contributed by atoms with Crippen LogP contribution in [0, 0.1) is 5.82 Å². The number of amides is 2. The number of hydrogen-bond donors (Lipinski definition) is 2. The highest BCUT2D eigenvalue weighted by Crippen LogP contribution is 2.17. The fourth-order valence-electron chi connectivity index (χ4n) is 2.90. The minimum Gasteiger partial charge on any atom is -0.352 e. The molecule has 2 aliphatic rings. The van der Waals surface area contributed by atoms with Crippen molar-refractivity contribution in [3.8, 4) is 0 Å². The summed E-state index contributed by atoms with van der Waals surface area (Å²) in [6, 6.07) is 6.01. The molecule has 2 heterocycles. The van der Waals surface area contributed by atoms with Crippen LogP contribution in [0.15, 0.2) is 24.3 Å². The van der Waals surface area contributed by atoms with E-state index in [1.165, 1.54) is 12.1 Å². The third-order valence-corrected chi connectivity index (χ3v) is 5.21. The molecule has 132 valence electrons. The smallest absolute Gasteiger partial charge is 0.256 e. The molecule has 2 amide bonds. The first kappa shape index (κ1) is 19.0. The Kier molecular flexibility index (Phi) is 6.89. The van der Waals surface area contributed by atoms with Crippen LogP contribution in [-0.2, 0) is 4.79 Å². The number of piperidine rings is 1. The fraction of sp³-hybridized carbons (Fsp3) is 0.500. The standard InChI is InChI=1S/C16H20FN3O2S.ClH/c17-13-4-2-1-3-12(13)16(22)20-7-5-11(6-8-20)19-15(21)14-9-23-10-18-14;/h1-4,11,14,18H,5-10H2,(H,19,21);1H. The molecule has 1 aromatic carbocycles. The molecule has 2 N–H and O–H groups in total. The van der Waals surface area contributed by atoms with Gasteiger partial charge in [0.25, 0.3) is 5.91 Å².